The molecule has 0 radical (unpaired) electrons. The molecule has 0 amide bonds. The van der Waals surface area contributed by atoms with Crippen LogP contribution in [0, 0.1) is 17.3 Å². The number of hydrogen-bond acceptors (Lipinski definition) is 0. The van der Waals surface area contributed by atoms with Crippen LogP contribution in [0.5, 0.6) is 0 Å². The molecule has 0 aromatic carbocycles. The molecule has 0 heteroatoms. The summed E-state index contributed by atoms with van der Waals surface area (Å²) in [5, 5.41) is 0. The highest BCUT2D eigenvalue weighted by atomic mass is 14.6. The molecule has 0 aromatic heterocycles. The van der Waals surface area contributed by atoms with Crippen molar-refractivity contribution in [3.8, 4) is 0 Å². The van der Waals surface area contributed by atoms with E-state index in [4.69, 9.17) is 0 Å². The van der Waals surface area contributed by atoms with Gasteiger partial charge in [0.2, 0.25) is 0 Å². The molecule has 3 fully saturated rings. The predicted molar refractivity (Wildman–Crippen MR) is 57.6 cm³/mol. The Kier molecular flexibility index (Phi) is 2.05. The molecule has 0 spiro atoms. The van der Waals surface area contributed by atoms with Gasteiger partial charge in [0.1, 0.15) is 0 Å². The van der Waals surface area contributed by atoms with Crippen LogP contribution in [-0.2, 0) is 0 Å². The van der Waals surface area contributed by atoms with Crippen molar-refractivity contribution in [2.75, 3.05) is 0 Å². The Hall–Kier alpha value is -0.260. The third-order valence-corrected chi connectivity index (χ3v) is 4.73. The zero-order valence-electron chi connectivity index (χ0n) is 9.48. The first kappa shape index (κ1) is 9.30. The number of hydrogen-bond donors (Lipinski definition) is 0. The molecule has 0 heterocycles. The van der Waals surface area contributed by atoms with Gasteiger partial charge in [-0.2, -0.15) is 0 Å². The first-order valence-electron chi connectivity index (χ1n) is 5.75. The molecule has 3 aliphatic carbocycles. The lowest BCUT2D eigenvalue weighted by atomic mass is 9.47. The highest BCUT2D eigenvalue weighted by molar-refractivity contribution is 5.26. The van der Waals surface area contributed by atoms with E-state index in [2.05, 4.69) is 27.7 Å². The lowest BCUT2D eigenvalue weighted by Gasteiger charge is -2.58. The van der Waals surface area contributed by atoms with Gasteiger partial charge in [-0.3, -0.25) is 0 Å². The van der Waals surface area contributed by atoms with Gasteiger partial charge in [-0.25, -0.2) is 0 Å². The van der Waals surface area contributed by atoms with Crippen LogP contribution in [0.4, 0.5) is 0 Å². The van der Waals surface area contributed by atoms with E-state index in [1.165, 1.54) is 25.7 Å². The molecule has 0 aromatic rings. The Bertz CT molecular complexity index is 243. The Morgan fingerprint density at radius 1 is 1.46 bits per heavy atom. The van der Waals surface area contributed by atoms with Gasteiger partial charge in [0.15, 0.2) is 0 Å². The Balaban J connectivity index is 2.25. The summed E-state index contributed by atoms with van der Waals surface area (Å²) in [6.07, 6.45) is 5.60. The minimum absolute atomic E-state index is 0.629. The summed E-state index contributed by atoms with van der Waals surface area (Å²) in [4.78, 5) is 0. The Morgan fingerprint density at radius 3 is 2.62 bits per heavy atom. The lowest BCUT2D eigenvalue weighted by molar-refractivity contribution is -0.0287. The second kappa shape index (κ2) is 2.87. The van der Waals surface area contributed by atoms with Gasteiger partial charge in [-0.05, 0) is 49.9 Å². The maximum Gasteiger partial charge on any atom is -0.0144 e. The van der Waals surface area contributed by atoms with Gasteiger partial charge in [-0.1, -0.05) is 31.9 Å². The standard InChI is InChI=1S/C13H22/c1-5-9(2)11-7-6-10-8-12(11)13(10,3)4/h10,12H,5-8H2,1-4H3. The van der Waals surface area contributed by atoms with Crippen molar-refractivity contribution >= 4 is 0 Å². The van der Waals surface area contributed by atoms with Crippen molar-refractivity contribution in [3.63, 3.8) is 0 Å². The molecule has 13 heavy (non-hydrogen) atoms. The second-order valence-corrected chi connectivity index (χ2v) is 5.50. The van der Waals surface area contributed by atoms with E-state index >= 15 is 0 Å². The van der Waals surface area contributed by atoms with Crippen LogP contribution in [0.2, 0.25) is 0 Å². The van der Waals surface area contributed by atoms with Gasteiger partial charge in [-0.15, -0.1) is 0 Å². The summed E-state index contributed by atoms with van der Waals surface area (Å²) in [5.74, 6) is 1.97. The van der Waals surface area contributed by atoms with Crippen LogP contribution < -0.4 is 0 Å². The van der Waals surface area contributed by atoms with Crippen LogP contribution in [0.25, 0.3) is 0 Å². The van der Waals surface area contributed by atoms with E-state index in [0.717, 1.165) is 11.8 Å². The first-order chi connectivity index (χ1) is 6.07. The van der Waals surface area contributed by atoms with Crippen LogP contribution in [0.15, 0.2) is 11.1 Å². The number of rotatable bonds is 1. The van der Waals surface area contributed by atoms with Gasteiger partial charge in [0.25, 0.3) is 0 Å². The highest BCUT2D eigenvalue weighted by Gasteiger charge is 2.52. The summed E-state index contributed by atoms with van der Waals surface area (Å²) in [5.41, 5.74) is 4.12. The molecule has 2 atom stereocenters. The van der Waals surface area contributed by atoms with Crippen LogP contribution in [0.3, 0.4) is 0 Å². The fourth-order valence-electron chi connectivity index (χ4n) is 3.34. The average Bonchev–Trinajstić information content (AvgIpc) is 2.16. The van der Waals surface area contributed by atoms with Crippen molar-refractivity contribution in [1.29, 1.82) is 0 Å². The monoisotopic (exact) mass is 178 g/mol. The average molecular weight is 178 g/mol. The molecule has 0 nitrogen and oxygen atoms in total. The van der Waals surface area contributed by atoms with E-state index in [0.29, 0.717) is 5.41 Å². The van der Waals surface area contributed by atoms with Gasteiger partial charge >= 0.3 is 0 Å². The smallest absolute Gasteiger partial charge is 0.0144 e. The molecule has 74 valence electrons. The zero-order chi connectivity index (χ0) is 9.64. The van der Waals surface area contributed by atoms with E-state index < -0.39 is 0 Å². The maximum absolute atomic E-state index is 2.47. The third kappa shape index (κ3) is 1.18. The maximum atomic E-state index is 2.47. The van der Waals surface area contributed by atoms with Crippen LogP contribution >= 0.6 is 0 Å². The molecular weight excluding hydrogens is 156 g/mol. The zero-order valence-corrected chi connectivity index (χ0v) is 9.48. The first-order valence-corrected chi connectivity index (χ1v) is 5.75. The van der Waals surface area contributed by atoms with Crippen molar-refractivity contribution in [2.45, 2.75) is 53.4 Å². The summed E-state index contributed by atoms with van der Waals surface area (Å²) < 4.78 is 0. The second-order valence-electron chi connectivity index (χ2n) is 5.50. The third-order valence-electron chi connectivity index (χ3n) is 4.73. The van der Waals surface area contributed by atoms with Crippen molar-refractivity contribution in [1.82, 2.24) is 0 Å². The minimum Gasteiger partial charge on any atom is -0.0741 e. The summed E-state index contributed by atoms with van der Waals surface area (Å²) in [6.45, 7) is 9.56. The molecule has 2 bridgehead atoms. The molecule has 0 N–H and O–H groups in total. The van der Waals surface area contributed by atoms with E-state index in [1.54, 1.807) is 5.57 Å². The number of fused-ring (bicyclic) bond motifs is 2. The quantitative estimate of drug-likeness (QED) is 0.529. The summed E-state index contributed by atoms with van der Waals surface area (Å²) in [6, 6.07) is 0. The Morgan fingerprint density at radius 2 is 2.15 bits per heavy atom. The lowest BCUT2D eigenvalue weighted by Crippen LogP contribution is -2.49. The van der Waals surface area contributed by atoms with Crippen molar-refractivity contribution in [2.24, 2.45) is 17.3 Å². The highest BCUT2D eigenvalue weighted by Crippen LogP contribution is 2.61. The van der Waals surface area contributed by atoms with E-state index in [9.17, 15) is 0 Å². The fourth-order valence-corrected chi connectivity index (χ4v) is 3.34. The minimum atomic E-state index is 0.629. The van der Waals surface area contributed by atoms with Crippen molar-refractivity contribution < 1.29 is 0 Å². The molecule has 3 saturated carbocycles. The van der Waals surface area contributed by atoms with Crippen LogP contribution in [-0.4, -0.2) is 0 Å². The molecule has 0 saturated heterocycles. The van der Waals surface area contributed by atoms with E-state index in [-0.39, 0.29) is 0 Å². The molecule has 0 aliphatic heterocycles. The molecular formula is C13H22. The molecule has 3 rings (SSSR count). The largest absolute Gasteiger partial charge is 0.0741 e. The van der Waals surface area contributed by atoms with Crippen molar-refractivity contribution in [3.05, 3.63) is 11.1 Å². The summed E-state index contributed by atoms with van der Waals surface area (Å²) in [7, 11) is 0. The molecule has 2 unspecified atom stereocenters. The van der Waals surface area contributed by atoms with Gasteiger partial charge < -0.3 is 0 Å². The predicted octanol–water partition coefficient (Wildman–Crippen LogP) is 4.17. The van der Waals surface area contributed by atoms with Gasteiger partial charge in [0.05, 0.1) is 0 Å². The normalized spacial score (nSPS) is 39.7. The van der Waals surface area contributed by atoms with Gasteiger partial charge in [0, 0.05) is 0 Å². The SMILES string of the molecule is CCC(C)=C1CCC2CC1C2(C)C. The summed E-state index contributed by atoms with van der Waals surface area (Å²) >= 11 is 0. The molecule has 3 aliphatic rings. The Labute approximate surface area is 82.4 Å². The fraction of sp³-hybridized carbons (Fsp3) is 0.846. The van der Waals surface area contributed by atoms with E-state index in [1.807, 2.05) is 5.57 Å². The topological polar surface area (TPSA) is 0 Å². The number of allylic oxidation sites excluding steroid dienone is 2. The van der Waals surface area contributed by atoms with Crippen LogP contribution in [0.1, 0.15) is 53.4 Å².